The Kier molecular flexibility index (Phi) is 11.0. The number of aromatic nitrogens is 1. The number of carbonyl (C=O) groups excluding carboxylic acids is 5. The molecule has 2 saturated carbocycles. The van der Waals surface area contributed by atoms with E-state index in [1.807, 2.05) is 72.7 Å². The van der Waals surface area contributed by atoms with Crippen molar-refractivity contribution in [1.82, 2.24) is 31.2 Å². The van der Waals surface area contributed by atoms with Gasteiger partial charge < -0.3 is 35.6 Å². The molecule has 2 heterocycles. The summed E-state index contributed by atoms with van der Waals surface area (Å²) in [4.78, 5) is 72.5. The molecular formula is C37H52N6O7. The number of nitrogens with one attached hydrogen (secondary N) is 4. The maximum Gasteiger partial charge on any atom is 0.315 e. The number of fused-ring (bicyclic) bond motifs is 1. The molecule has 1 saturated heterocycles. The first-order chi connectivity index (χ1) is 23.6. The molecule has 0 spiro atoms. The number of urea groups is 1. The fourth-order valence-electron chi connectivity index (χ4n) is 6.48. The van der Waals surface area contributed by atoms with Crippen molar-refractivity contribution in [3.8, 4) is 11.6 Å². The number of Topliss-reactive ketones (excluding diaryl/α,β-unsaturated/α-hetero) is 1. The van der Waals surface area contributed by atoms with Gasteiger partial charge in [-0.1, -0.05) is 20.8 Å². The highest BCUT2D eigenvalue weighted by molar-refractivity contribution is 6.28. The predicted octanol–water partition coefficient (Wildman–Crippen LogP) is 3.28. The molecule has 1 aromatic heterocycles. The molecule has 272 valence electrons. The Morgan fingerprint density at radius 2 is 1.74 bits per heavy atom. The summed E-state index contributed by atoms with van der Waals surface area (Å²) >= 11 is 0. The summed E-state index contributed by atoms with van der Waals surface area (Å²) < 4.78 is 12.1. The monoisotopic (exact) mass is 692 g/mol. The number of rotatable bonds is 14. The van der Waals surface area contributed by atoms with E-state index in [4.69, 9.17) is 9.47 Å². The molecule has 13 heteroatoms. The summed E-state index contributed by atoms with van der Waals surface area (Å²) in [6.07, 6.45) is 5.08. The van der Waals surface area contributed by atoms with E-state index < -0.39 is 58.8 Å². The predicted molar refractivity (Wildman–Crippen MR) is 188 cm³/mol. The molecule has 0 bridgehead atoms. The van der Waals surface area contributed by atoms with Crippen molar-refractivity contribution in [2.75, 3.05) is 13.2 Å². The summed E-state index contributed by atoms with van der Waals surface area (Å²) in [6.45, 7) is 13.5. The van der Waals surface area contributed by atoms with Crippen LogP contribution in [0.3, 0.4) is 0 Å². The Bertz CT molecular complexity index is 1590. The van der Waals surface area contributed by atoms with Crippen molar-refractivity contribution in [2.24, 2.45) is 11.3 Å². The summed E-state index contributed by atoms with van der Waals surface area (Å²) in [5.41, 5.74) is -1.28. The molecule has 1 aliphatic heterocycles. The van der Waals surface area contributed by atoms with E-state index in [1.54, 1.807) is 6.20 Å². The maximum absolute atomic E-state index is 14.5. The lowest BCUT2D eigenvalue weighted by Crippen LogP contribution is -2.62. The number of hydrogen-bond acceptors (Lipinski definition) is 9. The van der Waals surface area contributed by atoms with Crippen molar-refractivity contribution in [2.45, 2.75) is 122 Å². The van der Waals surface area contributed by atoms with Gasteiger partial charge in [-0.25, -0.2) is 9.78 Å². The largest absolute Gasteiger partial charge is 0.494 e. The summed E-state index contributed by atoms with van der Waals surface area (Å²) in [5.74, 6) is -0.524. The van der Waals surface area contributed by atoms with Crippen molar-refractivity contribution in [1.29, 1.82) is 0 Å². The van der Waals surface area contributed by atoms with Crippen LogP contribution in [0.15, 0.2) is 30.5 Å². The van der Waals surface area contributed by atoms with Crippen LogP contribution in [-0.4, -0.2) is 94.8 Å². The Balaban J connectivity index is 1.44. The zero-order valence-electron chi connectivity index (χ0n) is 30.2. The number of hydrogen-bond donors (Lipinski definition) is 4. The average molecular weight is 693 g/mol. The molecule has 4 amide bonds. The Hall–Kier alpha value is -4.26. The standard InChI is InChI=1S/C37H52N6O7/c1-8-49-24-13-14-26-22(17-24)15-16-38-33(26)50-25-18-27(32(46)40-30(28(45)20-44)29(21-9-10-21)39-23-11-12-23)43(19-25)34(47)31(36(2,3)4)41-35(48)42-37(5,6)7/h13-17,20-21,23,25,27,29-31,39H,8-12,18-19H2,1-7H3,(H,40,46)(H2,41,42,48)/t25-,27+,29+,30?,31-/m1/s1. The van der Waals surface area contributed by atoms with Crippen LogP contribution in [0.25, 0.3) is 10.8 Å². The van der Waals surface area contributed by atoms with Gasteiger partial charge >= 0.3 is 6.03 Å². The minimum absolute atomic E-state index is 0.0276. The molecule has 2 aromatic rings. The molecule has 50 heavy (non-hydrogen) atoms. The van der Waals surface area contributed by atoms with Gasteiger partial charge in [0.1, 0.15) is 30.0 Å². The SMILES string of the molecule is CCOc1ccc2c(O[C@@H]3C[C@@H](C(=O)NC(C(=O)C=O)[C@@H](NC4CC4)C4CC4)N(C(=O)[C@@H](NC(=O)NC(C)(C)C)C(C)(C)C)C3)nccc2c1. The number of ether oxygens (including phenoxy) is 2. The lowest BCUT2D eigenvalue weighted by molar-refractivity contribution is -0.143. The molecule has 3 aliphatic rings. The summed E-state index contributed by atoms with van der Waals surface area (Å²) in [7, 11) is 0. The lowest BCUT2D eigenvalue weighted by Gasteiger charge is -2.36. The summed E-state index contributed by atoms with van der Waals surface area (Å²) in [6, 6.07) is 3.67. The first-order valence-corrected chi connectivity index (χ1v) is 17.7. The molecule has 5 rings (SSSR count). The highest BCUT2D eigenvalue weighted by Crippen LogP contribution is 2.37. The van der Waals surface area contributed by atoms with Crippen LogP contribution in [0.2, 0.25) is 0 Å². The second kappa shape index (κ2) is 14.9. The highest BCUT2D eigenvalue weighted by atomic mass is 16.5. The van der Waals surface area contributed by atoms with Crippen molar-refractivity contribution in [3.05, 3.63) is 30.5 Å². The number of benzene rings is 1. The fraction of sp³-hybridized carbons (Fsp3) is 0.622. The molecule has 1 unspecified atom stereocenters. The second-order valence-corrected chi connectivity index (χ2v) is 15.9. The lowest BCUT2D eigenvalue weighted by atomic mass is 9.85. The fourth-order valence-corrected chi connectivity index (χ4v) is 6.48. The normalized spacial score (nSPS) is 21.1. The van der Waals surface area contributed by atoms with E-state index in [0.717, 1.165) is 36.5 Å². The highest BCUT2D eigenvalue weighted by Gasteiger charge is 2.48. The minimum Gasteiger partial charge on any atom is -0.494 e. The third-order valence-corrected chi connectivity index (χ3v) is 9.23. The van der Waals surface area contributed by atoms with Gasteiger partial charge in [0.15, 0.2) is 6.29 Å². The van der Waals surface area contributed by atoms with Crippen molar-refractivity contribution >= 4 is 40.7 Å². The zero-order chi connectivity index (χ0) is 36.4. The van der Waals surface area contributed by atoms with Gasteiger partial charge in [0, 0.05) is 35.6 Å². The van der Waals surface area contributed by atoms with E-state index in [-0.39, 0.29) is 37.3 Å². The first kappa shape index (κ1) is 37.0. The van der Waals surface area contributed by atoms with Gasteiger partial charge in [-0.05, 0) is 94.4 Å². The number of likely N-dealkylation sites (tertiary alicyclic amines) is 1. The zero-order valence-corrected chi connectivity index (χ0v) is 30.2. The quantitative estimate of drug-likeness (QED) is 0.172. The van der Waals surface area contributed by atoms with E-state index in [2.05, 4.69) is 26.3 Å². The van der Waals surface area contributed by atoms with E-state index in [0.29, 0.717) is 18.2 Å². The van der Waals surface area contributed by atoms with Gasteiger partial charge in [-0.3, -0.25) is 19.2 Å². The topological polar surface area (TPSA) is 168 Å². The number of amides is 4. The van der Waals surface area contributed by atoms with Crippen LogP contribution in [-0.2, 0) is 19.2 Å². The number of nitrogens with zero attached hydrogens (tertiary/aromatic N) is 2. The first-order valence-electron chi connectivity index (χ1n) is 17.7. The number of aldehydes is 1. The van der Waals surface area contributed by atoms with Crippen LogP contribution in [0.5, 0.6) is 11.6 Å². The van der Waals surface area contributed by atoms with Gasteiger partial charge in [-0.15, -0.1) is 0 Å². The molecule has 5 atom stereocenters. The Labute approximate surface area is 294 Å². The van der Waals surface area contributed by atoms with Crippen molar-refractivity contribution in [3.63, 3.8) is 0 Å². The molecule has 2 aliphatic carbocycles. The smallest absolute Gasteiger partial charge is 0.315 e. The van der Waals surface area contributed by atoms with Crippen molar-refractivity contribution < 1.29 is 33.4 Å². The third-order valence-electron chi connectivity index (χ3n) is 9.23. The molecular weight excluding hydrogens is 640 g/mol. The van der Waals surface area contributed by atoms with Gasteiger partial charge in [0.2, 0.25) is 23.5 Å². The second-order valence-electron chi connectivity index (χ2n) is 15.9. The average Bonchev–Trinajstić information content (AvgIpc) is 3.98. The third kappa shape index (κ3) is 9.29. The summed E-state index contributed by atoms with van der Waals surface area (Å²) in [5, 5.41) is 13.6. The van der Waals surface area contributed by atoms with E-state index in [1.165, 1.54) is 4.90 Å². The molecule has 4 N–H and O–H groups in total. The van der Waals surface area contributed by atoms with E-state index >= 15 is 0 Å². The van der Waals surface area contributed by atoms with Crippen LogP contribution < -0.4 is 30.7 Å². The van der Waals surface area contributed by atoms with Crippen LogP contribution in [0.4, 0.5) is 4.79 Å². The molecule has 13 nitrogen and oxygen atoms in total. The number of ketones is 1. The van der Waals surface area contributed by atoms with Gasteiger partial charge in [-0.2, -0.15) is 0 Å². The van der Waals surface area contributed by atoms with Crippen LogP contribution in [0.1, 0.15) is 80.6 Å². The Morgan fingerprint density at radius 3 is 2.34 bits per heavy atom. The maximum atomic E-state index is 14.5. The van der Waals surface area contributed by atoms with E-state index in [9.17, 15) is 24.0 Å². The Morgan fingerprint density at radius 1 is 1.02 bits per heavy atom. The number of carbonyl (C=O) groups is 5. The number of pyridine rings is 1. The van der Waals surface area contributed by atoms with Gasteiger partial charge in [0.25, 0.3) is 0 Å². The van der Waals surface area contributed by atoms with Crippen LogP contribution in [0, 0.1) is 11.3 Å². The molecule has 0 radical (unpaired) electrons. The van der Waals surface area contributed by atoms with Crippen LogP contribution >= 0.6 is 0 Å². The minimum atomic E-state index is -1.07. The molecule has 3 fully saturated rings. The molecule has 1 aromatic carbocycles. The van der Waals surface area contributed by atoms with Gasteiger partial charge in [0.05, 0.1) is 13.2 Å².